The highest BCUT2D eigenvalue weighted by Crippen LogP contribution is 2.41. The van der Waals surface area contributed by atoms with E-state index in [0.29, 0.717) is 27.6 Å². The summed E-state index contributed by atoms with van der Waals surface area (Å²) in [6.07, 6.45) is 2.26. The van der Waals surface area contributed by atoms with Crippen LogP contribution in [0.15, 0.2) is 22.7 Å². The van der Waals surface area contributed by atoms with Crippen molar-refractivity contribution in [3.05, 3.63) is 34.3 Å². The highest BCUT2D eigenvalue weighted by Gasteiger charge is 2.29. The zero-order valence-electron chi connectivity index (χ0n) is 9.95. The first-order chi connectivity index (χ1) is 8.58. The molecule has 2 aromatic rings. The Labute approximate surface area is 113 Å². The lowest BCUT2D eigenvalue weighted by Gasteiger charge is -2.06. The molecule has 1 aliphatic rings. The van der Waals surface area contributed by atoms with Crippen molar-refractivity contribution >= 4 is 21.7 Å². The van der Waals surface area contributed by atoms with Gasteiger partial charge in [-0.2, -0.15) is 0 Å². The summed E-state index contributed by atoms with van der Waals surface area (Å²) in [5.74, 6) is 1.11. The van der Waals surface area contributed by atoms with Crippen molar-refractivity contribution < 1.29 is 4.39 Å². The molecule has 94 valence electrons. The fourth-order valence-corrected chi connectivity index (χ4v) is 2.57. The van der Waals surface area contributed by atoms with Crippen LogP contribution in [0.1, 0.15) is 24.7 Å². The molecule has 18 heavy (non-hydrogen) atoms. The van der Waals surface area contributed by atoms with Gasteiger partial charge in [-0.05, 0) is 38.0 Å². The topological polar surface area (TPSA) is 43.8 Å². The van der Waals surface area contributed by atoms with Crippen molar-refractivity contribution in [2.24, 2.45) is 0 Å². The van der Waals surface area contributed by atoms with Gasteiger partial charge in [-0.1, -0.05) is 15.9 Å². The number of hydrogen-bond donors (Lipinski definition) is 1. The fourth-order valence-electron chi connectivity index (χ4n) is 2.23. The number of hydrogen-bond acceptors (Lipinski definition) is 2. The maximum Gasteiger partial charge on any atom is 0.133 e. The molecule has 5 heteroatoms. The van der Waals surface area contributed by atoms with E-state index in [1.807, 2.05) is 11.5 Å². The number of aromatic nitrogens is 2. The van der Waals surface area contributed by atoms with Crippen LogP contribution in [0.4, 0.5) is 10.2 Å². The van der Waals surface area contributed by atoms with Gasteiger partial charge in [0.1, 0.15) is 23.2 Å². The Morgan fingerprint density at radius 2 is 2.17 bits per heavy atom. The van der Waals surface area contributed by atoms with E-state index in [9.17, 15) is 4.39 Å². The molecule has 3 rings (SSSR count). The molecule has 1 aliphatic carbocycles. The van der Waals surface area contributed by atoms with Crippen LogP contribution < -0.4 is 5.73 Å². The molecule has 0 radical (unpaired) electrons. The van der Waals surface area contributed by atoms with Crippen LogP contribution in [0.2, 0.25) is 0 Å². The first kappa shape index (κ1) is 11.7. The minimum atomic E-state index is -0.309. The summed E-state index contributed by atoms with van der Waals surface area (Å²) in [5.41, 5.74) is 7.11. The van der Waals surface area contributed by atoms with Crippen LogP contribution in [0.5, 0.6) is 0 Å². The Bertz CT molecular complexity index is 617. The molecule has 3 nitrogen and oxygen atoms in total. The Morgan fingerprint density at radius 1 is 1.44 bits per heavy atom. The molecule has 0 unspecified atom stereocenters. The summed E-state index contributed by atoms with van der Waals surface area (Å²) >= 11 is 3.24. The SMILES string of the molecule is Cc1nc(-c2ccc(Br)cc2F)c(N)n1C1CC1. The lowest BCUT2D eigenvalue weighted by atomic mass is 10.1. The van der Waals surface area contributed by atoms with Crippen molar-refractivity contribution in [3.8, 4) is 11.3 Å². The molecule has 0 spiro atoms. The van der Waals surface area contributed by atoms with Crippen molar-refractivity contribution in [1.82, 2.24) is 9.55 Å². The number of benzene rings is 1. The van der Waals surface area contributed by atoms with Gasteiger partial charge in [0.25, 0.3) is 0 Å². The monoisotopic (exact) mass is 309 g/mol. The second kappa shape index (κ2) is 4.09. The minimum Gasteiger partial charge on any atom is -0.383 e. The predicted octanol–water partition coefficient (Wildman–Crippen LogP) is 3.68. The summed E-state index contributed by atoms with van der Waals surface area (Å²) in [4.78, 5) is 4.41. The average molecular weight is 310 g/mol. The maximum atomic E-state index is 13.9. The highest BCUT2D eigenvalue weighted by molar-refractivity contribution is 9.10. The number of halogens is 2. The van der Waals surface area contributed by atoms with Gasteiger partial charge in [0, 0.05) is 16.1 Å². The lowest BCUT2D eigenvalue weighted by Crippen LogP contribution is -2.02. The van der Waals surface area contributed by atoms with Crippen molar-refractivity contribution in [3.63, 3.8) is 0 Å². The molecule has 1 fully saturated rings. The van der Waals surface area contributed by atoms with E-state index in [1.165, 1.54) is 6.07 Å². The summed E-state index contributed by atoms with van der Waals surface area (Å²) in [5, 5.41) is 0. The molecule has 0 aliphatic heterocycles. The largest absolute Gasteiger partial charge is 0.383 e. The Balaban J connectivity index is 2.14. The van der Waals surface area contributed by atoms with Gasteiger partial charge in [0.05, 0.1) is 0 Å². The van der Waals surface area contributed by atoms with E-state index < -0.39 is 0 Å². The molecular formula is C13H13BrFN3. The van der Waals surface area contributed by atoms with Crippen LogP contribution in [-0.4, -0.2) is 9.55 Å². The summed E-state index contributed by atoms with van der Waals surface area (Å²) in [6.45, 7) is 1.91. The van der Waals surface area contributed by atoms with Gasteiger partial charge >= 0.3 is 0 Å². The fraction of sp³-hybridized carbons (Fsp3) is 0.308. The number of imidazole rings is 1. The zero-order valence-corrected chi connectivity index (χ0v) is 11.5. The quantitative estimate of drug-likeness (QED) is 0.919. The summed E-state index contributed by atoms with van der Waals surface area (Å²) in [6, 6.07) is 5.38. The minimum absolute atomic E-state index is 0.309. The second-order valence-corrected chi connectivity index (χ2v) is 5.53. The molecule has 0 amide bonds. The van der Waals surface area contributed by atoms with E-state index in [4.69, 9.17) is 5.73 Å². The molecule has 0 atom stereocenters. The third-order valence-electron chi connectivity index (χ3n) is 3.22. The number of nitrogens with zero attached hydrogens (tertiary/aromatic N) is 2. The Kier molecular flexibility index (Phi) is 2.66. The standard InChI is InChI=1S/C13H13BrFN3/c1-7-17-12(13(16)18(7)9-3-4-9)10-5-2-8(14)6-11(10)15/h2,5-6,9H,3-4,16H2,1H3. The highest BCUT2D eigenvalue weighted by atomic mass is 79.9. The lowest BCUT2D eigenvalue weighted by molar-refractivity contribution is 0.630. The Hall–Kier alpha value is -1.36. The third kappa shape index (κ3) is 1.82. The van der Waals surface area contributed by atoms with Crippen molar-refractivity contribution in [2.75, 3.05) is 5.73 Å². The van der Waals surface area contributed by atoms with Crippen molar-refractivity contribution in [2.45, 2.75) is 25.8 Å². The molecule has 0 saturated heterocycles. The zero-order chi connectivity index (χ0) is 12.9. The van der Waals surface area contributed by atoms with Gasteiger partial charge in [-0.3, -0.25) is 0 Å². The van der Waals surface area contributed by atoms with Crippen LogP contribution in [0.25, 0.3) is 11.3 Å². The number of aryl methyl sites for hydroxylation is 1. The van der Waals surface area contributed by atoms with E-state index >= 15 is 0 Å². The summed E-state index contributed by atoms with van der Waals surface area (Å²) < 4.78 is 16.7. The van der Waals surface area contributed by atoms with Crippen LogP contribution >= 0.6 is 15.9 Å². The van der Waals surface area contributed by atoms with E-state index in [2.05, 4.69) is 20.9 Å². The summed E-state index contributed by atoms with van der Waals surface area (Å²) in [7, 11) is 0. The normalized spacial score (nSPS) is 15.1. The number of rotatable bonds is 2. The predicted molar refractivity (Wildman–Crippen MR) is 72.7 cm³/mol. The van der Waals surface area contributed by atoms with Gasteiger partial charge < -0.3 is 10.3 Å². The average Bonchev–Trinajstić information content (AvgIpc) is 3.07. The van der Waals surface area contributed by atoms with Gasteiger partial charge in [0.15, 0.2) is 0 Å². The molecule has 1 heterocycles. The van der Waals surface area contributed by atoms with Crippen LogP contribution in [0, 0.1) is 12.7 Å². The Morgan fingerprint density at radius 3 is 2.78 bits per heavy atom. The number of nitrogens with two attached hydrogens (primary N) is 1. The first-order valence-corrected chi connectivity index (χ1v) is 6.67. The molecule has 1 saturated carbocycles. The third-order valence-corrected chi connectivity index (χ3v) is 3.72. The first-order valence-electron chi connectivity index (χ1n) is 5.87. The smallest absolute Gasteiger partial charge is 0.133 e. The molecule has 1 aromatic heterocycles. The van der Waals surface area contributed by atoms with E-state index in [1.54, 1.807) is 12.1 Å². The second-order valence-electron chi connectivity index (χ2n) is 4.62. The molecule has 0 bridgehead atoms. The number of anilines is 1. The molecule has 2 N–H and O–H groups in total. The molecular weight excluding hydrogens is 297 g/mol. The maximum absolute atomic E-state index is 13.9. The number of nitrogen functional groups attached to an aromatic ring is 1. The van der Waals surface area contributed by atoms with Gasteiger partial charge in [-0.25, -0.2) is 9.37 Å². The molecule has 1 aromatic carbocycles. The van der Waals surface area contributed by atoms with E-state index in [0.717, 1.165) is 18.7 Å². The van der Waals surface area contributed by atoms with Gasteiger partial charge in [-0.15, -0.1) is 0 Å². The van der Waals surface area contributed by atoms with Crippen LogP contribution in [0.3, 0.4) is 0 Å². The van der Waals surface area contributed by atoms with E-state index in [-0.39, 0.29) is 5.82 Å². The van der Waals surface area contributed by atoms with Crippen molar-refractivity contribution in [1.29, 1.82) is 0 Å². The van der Waals surface area contributed by atoms with Gasteiger partial charge in [0.2, 0.25) is 0 Å². The van der Waals surface area contributed by atoms with Crippen LogP contribution in [-0.2, 0) is 0 Å².